The van der Waals surface area contributed by atoms with Crippen molar-refractivity contribution in [2.24, 2.45) is 0 Å². The molecule has 0 fully saturated rings. The van der Waals surface area contributed by atoms with Crippen molar-refractivity contribution in [2.45, 2.75) is 19.5 Å². The van der Waals surface area contributed by atoms with Crippen LogP contribution in [-0.2, 0) is 5.67 Å². The number of benzene rings is 1. The molecule has 14 heavy (non-hydrogen) atoms. The number of hydrogen-bond acceptors (Lipinski definition) is 3. The van der Waals surface area contributed by atoms with Crippen molar-refractivity contribution in [3.8, 4) is 0 Å². The number of halogens is 1. The number of nitrogens with zero attached hydrogens (tertiary/aromatic N) is 1. The number of rotatable bonds is 1. The van der Waals surface area contributed by atoms with Crippen LogP contribution >= 0.6 is 0 Å². The fourth-order valence-corrected chi connectivity index (χ4v) is 1.22. The first-order chi connectivity index (χ1) is 6.48. The highest BCUT2D eigenvalue weighted by Gasteiger charge is 2.26. The number of nitrogens with two attached hydrogens (primary N) is 1. The topological polar surface area (TPSA) is 52.0 Å². The summed E-state index contributed by atoms with van der Waals surface area (Å²) in [5, 5.41) is 0. The van der Waals surface area contributed by atoms with E-state index in [4.69, 9.17) is 10.2 Å². The molecule has 2 aromatic rings. The van der Waals surface area contributed by atoms with E-state index in [0.29, 0.717) is 16.8 Å². The highest BCUT2D eigenvalue weighted by atomic mass is 19.1. The lowest BCUT2D eigenvalue weighted by Gasteiger charge is -2.06. The summed E-state index contributed by atoms with van der Waals surface area (Å²) in [6.07, 6.45) is 0. The maximum Gasteiger partial charge on any atom is 0.232 e. The Morgan fingerprint density at radius 2 is 2.14 bits per heavy atom. The van der Waals surface area contributed by atoms with Crippen molar-refractivity contribution in [3.05, 3.63) is 24.1 Å². The van der Waals surface area contributed by atoms with Gasteiger partial charge in [0.2, 0.25) is 5.89 Å². The summed E-state index contributed by atoms with van der Waals surface area (Å²) in [6.45, 7) is 2.79. The van der Waals surface area contributed by atoms with Gasteiger partial charge in [-0.1, -0.05) is 6.07 Å². The van der Waals surface area contributed by atoms with E-state index < -0.39 is 5.67 Å². The summed E-state index contributed by atoms with van der Waals surface area (Å²) >= 11 is 0. The maximum atomic E-state index is 13.5. The van der Waals surface area contributed by atoms with Crippen molar-refractivity contribution >= 4 is 16.8 Å². The molecule has 1 aromatic carbocycles. The van der Waals surface area contributed by atoms with Gasteiger partial charge >= 0.3 is 0 Å². The zero-order chi connectivity index (χ0) is 10.3. The number of nitrogen functional groups attached to an aromatic ring is 1. The van der Waals surface area contributed by atoms with Gasteiger partial charge in [-0.05, 0) is 26.0 Å². The fourth-order valence-electron chi connectivity index (χ4n) is 1.22. The van der Waals surface area contributed by atoms with E-state index >= 15 is 0 Å². The lowest BCUT2D eigenvalue weighted by Crippen LogP contribution is -2.08. The Morgan fingerprint density at radius 1 is 1.43 bits per heavy atom. The Balaban J connectivity index is 2.69. The summed E-state index contributed by atoms with van der Waals surface area (Å²) in [7, 11) is 0. The summed E-state index contributed by atoms with van der Waals surface area (Å²) in [4.78, 5) is 4.02. The minimum absolute atomic E-state index is 0.0606. The van der Waals surface area contributed by atoms with Gasteiger partial charge in [0, 0.05) is 0 Å². The Labute approximate surface area is 80.7 Å². The molecular weight excluding hydrogens is 183 g/mol. The number of alkyl halides is 1. The highest BCUT2D eigenvalue weighted by molar-refractivity contribution is 5.85. The third-order valence-corrected chi connectivity index (χ3v) is 1.96. The summed E-state index contributed by atoms with van der Waals surface area (Å²) in [5.41, 5.74) is 5.63. The van der Waals surface area contributed by atoms with Crippen LogP contribution in [0.3, 0.4) is 0 Å². The second-order valence-corrected chi connectivity index (χ2v) is 3.69. The molecule has 0 saturated carbocycles. The minimum Gasteiger partial charge on any atom is -0.437 e. The monoisotopic (exact) mass is 194 g/mol. The maximum absolute atomic E-state index is 13.5. The van der Waals surface area contributed by atoms with E-state index in [1.807, 2.05) is 0 Å². The smallest absolute Gasteiger partial charge is 0.232 e. The molecule has 0 saturated heterocycles. The Kier molecular flexibility index (Phi) is 1.74. The lowest BCUT2D eigenvalue weighted by molar-refractivity contribution is 0.174. The Bertz CT molecular complexity index is 470. The lowest BCUT2D eigenvalue weighted by atomic mass is 10.2. The van der Waals surface area contributed by atoms with Gasteiger partial charge in [-0.25, -0.2) is 9.37 Å². The second-order valence-electron chi connectivity index (χ2n) is 3.69. The fraction of sp³-hybridized carbons (Fsp3) is 0.300. The number of para-hydroxylation sites is 1. The molecular formula is C10H11FN2O. The first-order valence-electron chi connectivity index (χ1n) is 4.33. The molecule has 0 radical (unpaired) electrons. The van der Waals surface area contributed by atoms with Crippen LogP contribution in [0.15, 0.2) is 22.6 Å². The van der Waals surface area contributed by atoms with E-state index in [9.17, 15) is 4.39 Å². The molecule has 0 unspecified atom stereocenters. The van der Waals surface area contributed by atoms with E-state index in [0.717, 1.165) is 0 Å². The van der Waals surface area contributed by atoms with Crippen LogP contribution in [0.4, 0.5) is 10.1 Å². The van der Waals surface area contributed by atoms with E-state index in [1.54, 1.807) is 18.2 Å². The van der Waals surface area contributed by atoms with Crippen LogP contribution in [0.25, 0.3) is 11.1 Å². The van der Waals surface area contributed by atoms with Crippen LogP contribution in [0.2, 0.25) is 0 Å². The molecule has 0 aliphatic heterocycles. The molecule has 2 N–H and O–H groups in total. The van der Waals surface area contributed by atoms with Crippen molar-refractivity contribution in [2.75, 3.05) is 5.73 Å². The van der Waals surface area contributed by atoms with Crippen molar-refractivity contribution in [1.29, 1.82) is 0 Å². The normalized spacial score (nSPS) is 12.2. The summed E-state index contributed by atoms with van der Waals surface area (Å²) < 4.78 is 18.7. The zero-order valence-corrected chi connectivity index (χ0v) is 8.04. The predicted molar refractivity (Wildman–Crippen MR) is 52.6 cm³/mol. The van der Waals surface area contributed by atoms with Gasteiger partial charge in [-0.15, -0.1) is 0 Å². The molecule has 74 valence electrons. The summed E-state index contributed by atoms with van der Waals surface area (Å²) in [6, 6.07) is 5.17. The van der Waals surface area contributed by atoms with Gasteiger partial charge in [0.1, 0.15) is 5.52 Å². The van der Waals surface area contributed by atoms with Crippen molar-refractivity contribution in [3.63, 3.8) is 0 Å². The largest absolute Gasteiger partial charge is 0.437 e. The molecule has 1 heterocycles. The molecule has 0 spiro atoms. The van der Waals surface area contributed by atoms with Gasteiger partial charge in [0.05, 0.1) is 5.69 Å². The van der Waals surface area contributed by atoms with Crippen molar-refractivity contribution < 1.29 is 8.81 Å². The van der Waals surface area contributed by atoms with E-state index in [2.05, 4.69) is 4.98 Å². The molecule has 0 bridgehead atoms. The third kappa shape index (κ3) is 1.32. The number of fused-ring (bicyclic) bond motifs is 1. The van der Waals surface area contributed by atoms with Gasteiger partial charge < -0.3 is 10.2 Å². The first-order valence-corrected chi connectivity index (χ1v) is 4.33. The number of aromatic nitrogens is 1. The van der Waals surface area contributed by atoms with Gasteiger partial charge in [0.15, 0.2) is 11.3 Å². The second kappa shape index (κ2) is 2.70. The SMILES string of the molecule is CC(C)(F)c1nc2c(N)cccc2o1. The number of hydrogen-bond donors (Lipinski definition) is 1. The molecule has 0 aliphatic carbocycles. The van der Waals surface area contributed by atoms with Gasteiger partial charge in [-0.3, -0.25) is 0 Å². The molecule has 2 rings (SSSR count). The van der Waals surface area contributed by atoms with Crippen LogP contribution in [-0.4, -0.2) is 4.98 Å². The van der Waals surface area contributed by atoms with Crippen LogP contribution < -0.4 is 5.73 Å². The molecule has 0 amide bonds. The molecule has 4 heteroatoms. The third-order valence-electron chi connectivity index (χ3n) is 1.96. The molecule has 0 aliphatic rings. The van der Waals surface area contributed by atoms with Gasteiger partial charge in [0.25, 0.3) is 0 Å². The Morgan fingerprint density at radius 3 is 2.71 bits per heavy atom. The molecule has 1 aromatic heterocycles. The van der Waals surface area contributed by atoms with Gasteiger partial charge in [-0.2, -0.15) is 0 Å². The highest BCUT2D eigenvalue weighted by Crippen LogP contribution is 2.29. The standard InChI is InChI=1S/C10H11FN2O/c1-10(2,11)9-13-8-6(12)4-3-5-7(8)14-9/h3-5H,12H2,1-2H3. The van der Waals surface area contributed by atoms with Crippen molar-refractivity contribution in [1.82, 2.24) is 4.98 Å². The van der Waals surface area contributed by atoms with E-state index in [1.165, 1.54) is 13.8 Å². The quantitative estimate of drug-likeness (QED) is 0.710. The molecule has 3 nitrogen and oxygen atoms in total. The molecule has 0 atom stereocenters. The van der Waals surface area contributed by atoms with Crippen LogP contribution in [0.5, 0.6) is 0 Å². The van der Waals surface area contributed by atoms with Crippen LogP contribution in [0, 0.1) is 0 Å². The zero-order valence-electron chi connectivity index (χ0n) is 8.04. The van der Waals surface area contributed by atoms with E-state index in [-0.39, 0.29) is 5.89 Å². The minimum atomic E-state index is -1.58. The Hall–Kier alpha value is -1.58. The number of anilines is 1. The summed E-state index contributed by atoms with van der Waals surface area (Å²) in [5.74, 6) is 0.0606. The number of oxazole rings is 1. The van der Waals surface area contributed by atoms with Crippen LogP contribution in [0.1, 0.15) is 19.7 Å². The average molecular weight is 194 g/mol. The first kappa shape index (κ1) is 8.99. The average Bonchev–Trinajstić information content (AvgIpc) is 2.48. The predicted octanol–water partition coefficient (Wildman–Crippen LogP) is 2.61.